The molecule has 0 saturated carbocycles. The van der Waals surface area contributed by atoms with Gasteiger partial charge in [-0.25, -0.2) is 0 Å². The third kappa shape index (κ3) is 6.10. The summed E-state index contributed by atoms with van der Waals surface area (Å²) in [5.41, 5.74) is 1.19. The van der Waals surface area contributed by atoms with Gasteiger partial charge in [-0.05, 0) is 17.7 Å². The van der Waals surface area contributed by atoms with Crippen LogP contribution in [0.2, 0.25) is 0 Å². The Bertz CT molecular complexity index is 340. The summed E-state index contributed by atoms with van der Waals surface area (Å²) in [5, 5.41) is 3.03. The second-order valence-corrected chi connectivity index (χ2v) is 5.60. The second kappa shape index (κ2) is 9.03. The Morgan fingerprint density at radius 3 is 2.61 bits per heavy atom. The minimum Gasteiger partial charge on any atom is -0.349 e. The molecule has 0 aliphatic rings. The fraction of sp³-hybridized carbons (Fsp3) is 0.533. The number of benzene rings is 1. The van der Waals surface area contributed by atoms with E-state index >= 15 is 0 Å². The van der Waals surface area contributed by atoms with Crippen molar-refractivity contribution in [2.24, 2.45) is 0 Å². The molecule has 18 heavy (non-hydrogen) atoms. The number of rotatable bonds is 8. The Balaban J connectivity index is 2.44. The van der Waals surface area contributed by atoms with Gasteiger partial charge in [0.05, 0.1) is 6.04 Å². The molecule has 0 bridgehead atoms. The van der Waals surface area contributed by atoms with E-state index in [0.717, 1.165) is 5.75 Å². The van der Waals surface area contributed by atoms with Gasteiger partial charge in [-0.1, -0.05) is 50.1 Å². The van der Waals surface area contributed by atoms with Crippen LogP contribution in [0.5, 0.6) is 0 Å². The van der Waals surface area contributed by atoms with E-state index in [1.807, 2.05) is 30.0 Å². The van der Waals surface area contributed by atoms with Crippen LogP contribution in [0, 0.1) is 0 Å². The Morgan fingerprint density at radius 2 is 2.00 bits per heavy atom. The summed E-state index contributed by atoms with van der Waals surface area (Å²) in [6.45, 7) is 3.80. The number of amides is 1. The standard InChI is InChI=1S/C15H23NOS/c1-3-4-8-11-18-12-15(16-13(2)17)14-9-6-5-7-10-14/h5-7,9-10,15H,3-4,8,11-12H2,1-2H3,(H,16,17). The van der Waals surface area contributed by atoms with Crippen molar-refractivity contribution in [1.29, 1.82) is 0 Å². The van der Waals surface area contributed by atoms with Gasteiger partial charge in [0.15, 0.2) is 0 Å². The van der Waals surface area contributed by atoms with Crippen LogP contribution in [-0.2, 0) is 4.79 Å². The van der Waals surface area contributed by atoms with E-state index in [1.165, 1.54) is 30.6 Å². The Labute approximate surface area is 115 Å². The lowest BCUT2D eigenvalue weighted by molar-refractivity contribution is -0.119. The normalized spacial score (nSPS) is 12.1. The van der Waals surface area contributed by atoms with Crippen molar-refractivity contribution in [2.45, 2.75) is 39.2 Å². The van der Waals surface area contributed by atoms with Crippen LogP contribution >= 0.6 is 11.8 Å². The van der Waals surface area contributed by atoms with Gasteiger partial charge in [0.2, 0.25) is 5.91 Å². The van der Waals surface area contributed by atoms with Crippen LogP contribution in [0.3, 0.4) is 0 Å². The van der Waals surface area contributed by atoms with Crippen molar-refractivity contribution < 1.29 is 4.79 Å². The lowest BCUT2D eigenvalue weighted by atomic mass is 10.1. The molecule has 1 N–H and O–H groups in total. The van der Waals surface area contributed by atoms with Crippen molar-refractivity contribution in [3.63, 3.8) is 0 Å². The Hall–Kier alpha value is -0.960. The van der Waals surface area contributed by atoms with Gasteiger partial charge in [0, 0.05) is 12.7 Å². The fourth-order valence-electron chi connectivity index (χ4n) is 1.81. The van der Waals surface area contributed by atoms with Crippen LogP contribution in [0.15, 0.2) is 30.3 Å². The van der Waals surface area contributed by atoms with Crippen molar-refractivity contribution in [3.05, 3.63) is 35.9 Å². The zero-order chi connectivity index (χ0) is 13.2. The number of hydrogen-bond acceptors (Lipinski definition) is 2. The third-order valence-corrected chi connectivity index (χ3v) is 3.90. The van der Waals surface area contributed by atoms with Crippen molar-refractivity contribution in [1.82, 2.24) is 5.32 Å². The molecule has 0 aliphatic heterocycles. The SMILES string of the molecule is CCCCCSCC(NC(C)=O)c1ccccc1. The van der Waals surface area contributed by atoms with Crippen molar-refractivity contribution >= 4 is 17.7 Å². The molecule has 1 unspecified atom stereocenters. The summed E-state index contributed by atoms with van der Waals surface area (Å²) < 4.78 is 0. The summed E-state index contributed by atoms with van der Waals surface area (Å²) in [7, 11) is 0. The second-order valence-electron chi connectivity index (χ2n) is 4.45. The summed E-state index contributed by atoms with van der Waals surface area (Å²) in [5.74, 6) is 2.17. The highest BCUT2D eigenvalue weighted by Crippen LogP contribution is 2.19. The van der Waals surface area contributed by atoms with Crippen molar-refractivity contribution in [3.8, 4) is 0 Å². The first-order valence-electron chi connectivity index (χ1n) is 6.63. The Kier molecular flexibility index (Phi) is 7.58. The minimum atomic E-state index is 0.0398. The molecule has 1 aromatic carbocycles. The molecule has 1 amide bonds. The highest BCUT2D eigenvalue weighted by atomic mass is 32.2. The quantitative estimate of drug-likeness (QED) is 0.725. The van der Waals surface area contributed by atoms with Gasteiger partial charge in [0.25, 0.3) is 0 Å². The molecule has 0 heterocycles. The Morgan fingerprint density at radius 1 is 1.28 bits per heavy atom. The maximum absolute atomic E-state index is 11.2. The number of carbonyl (C=O) groups is 1. The van der Waals surface area contributed by atoms with Gasteiger partial charge in [-0.15, -0.1) is 0 Å². The van der Waals surface area contributed by atoms with Gasteiger partial charge < -0.3 is 5.32 Å². The van der Waals surface area contributed by atoms with Crippen LogP contribution in [0.25, 0.3) is 0 Å². The van der Waals surface area contributed by atoms with E-state index in [1.54, 1.807) is 6.92 Å². The first-order chi connectivity index (χ1) is 8.74. The number of unbranched alkanes of at least 4 members (excludes halogenated alkanes) is 2. The van der Waals surface area contributed by atoms with E-state index in [9.17, 15) is 4.79 Å². The molecule has 0 radical (unpaired) electrons. The molecule has 0 spiro atoms. The first kappa shape index (κ1) is 15.1. The predicted molar refractivity (Wildman–Crippen MR) is 79.8 cm³/mol. The molecule has 0 aliphatic carbocycles. The molecule has 2 nitrogen and oxygen atoms in total. The molecule has 1 rings (SSSR count). The van der Waals surface area contributed by atoms with E-state index in [0.29, 0.717) is 0 Å². The maximum atomic E-state index is 11.2. The molecule has 0 saturated heterocycles. The molecular formula is C15H23NOS. The van der Waals surface area contributed by atoms with Crippen LogP contribution in [0.4, 0.5) is 0 Å². The molecule has 0 fully saturated rings. The summed E-state index contributed by atoms with van der Waals surface area (Å²) in [4.78, 5) is 11.2. The number of nitrogens with one attached hydrogen (secondary N) is 1. The highest BCUT2D eigenvalue weighted by molar-refractivity contribution is 7.99. The van der Waals surface area contributed by atoms with Gasteiger partial charge in [-0.2, -0.15) is 11.8 Å². The molecule has 100 valence electrons. The average Bonchev–Trinajstić information content (AvgIpc) is 2.38. The van der Waals surface area contributed by atoms with Crippen LogP contribution in [0.1, 0.15) is 44.7 Å². The smallest absolute Gasteiger partial charge is 0.217 e. The zero-order valence-electron chi connectivity index (χ0n) is 11.3. The number of carbonyl (C=O) groups excluding carboxylic acids is 1. The summed E-state index contributed by atoms with van der Waals surface area (Å²) in [6.07, 6.45) is 3.82. The molecule has 3 heteroatoms. The van der Waals surface area contributed by atoms with E-state index < -0.39 is 0 Å². The fourth-order valence-corrected chi connectivity index (χ4v) is 2.89. The number of hydrogen-bond donors (Lipinski definition) is 1. The average molecular weight is 265 g/mol. The van der Waals surface area contributed by atoms with E-state index in [-0.39, 0.29) is 11.9 Å². The lowest BCUT2D eigenvalue weighted by Gasteiger charge is -2.18. The van der Waals surface area contributed by atoms with Crippen LogP contribution < -0.4 is 5.32 Å². The van der Waals surface area contributed by atoms with Gasteiger partial charge >= 0.3 is 0 Å². The maximum Gasteiger partial charge on any atom is 0.217 e. The van der Waals surface area contributed by atoms with Crippen molar-refractivity contribution in [2.75, 3.05) is 11.5 Å². The summed E-state index contributed by atoms with van der Waals surface area (Å²) in [6, 6.07) is 10.3. The molecule has 1 aromatic rings. The topological polar surface area (TPSA) is 29.1 Å². The van der Waals surface area contributed by atoms with Gasteiger partial charge in [0.1, 0.15) is 0 Å². The third-order valence-electron chi connectivity index (χ3n) is 2.76. The largest absolute Gasteiger partial charge is 0.349 e. The van der Waals surface area contributed by atoms with Gasteiger partial charge in [-0.3, -0.25) is 4.79 Å². The molecule has 1 atom stereocenters. The predicted octanol–water partition coefficient (Wildman–Crippen LogP) is 3.79. The zero-order valence-corrected chi connectivity index (χ0v) is 12.1. The van der Waals surface area contributed by atoms with E-state index in [2.05, 4.69) is 24.4 Å². The first-order valence-corrected chi connectivity index (χ1v) is 7.79. The molecule has 0 aromatic heterocycles. The summed E-state index contributed by atoms with van der Waals surface area (Å²) >= 11 is 1.92. The number of thioether (sulfide) groups is 1. The van der Waals surface area contributed by atoms with Crippen LogP contribution in [-0.4, -0.2) is 17.4 Å². The van der Waals surface area contributed by atoms with E-state index in [4.69, 9.17) is 0 Å². The monoisotopic (exact) mass is 265 g/mol. The lowest BCUT2D eigenvalue weighted by Crippen LogP contribution is -2.27. The highest BCUT2D eigenvalue weighted by Gasteiger charge is 2.11. The molecular weight excluding hydrogens is 242 g/mol. The minimum absolute atomic E-state index is 0.0398.